The molecule has 0 bridgehead atoms. The van der Waals surface area contributed by atoms with Gasteiger partial charge in [-0.25, -0.2) is 4.68 Å². The molecule has 3 rings (SSSR count). The number of nitrogens with two attached hydrogens (primary N) is 1. The summed E-state index contributed by atoms with van der Waals surface area (Å²) in [5, 5.41) is 4.44. The SMILES string of the molecule is Nc1c(I)cnn1C1CCCN(Cc2ccccc2)C1. The molecule has 1 aromatic carbocycles. The fraction of sp³-hybridized carbons (Fsp3) is 0.400. The molecule has 0 saturated carbocycles. The highest BCUT2D eigenvalue weighted by atomic mass is 127. The first-order valence-electron chi connectivity index (χ1n) is 6.99. The normalized spacial score (nSPS) is 20.1. The molecule has 0 radical (unpaired) electrons. The maximum Gasteiger partial charge on any atom is 0.135 e. The zero-order valence-corrected chi connectivity index (χ0v) is 13.5. The molecule has 1 aliphatic rings. The number of likely N-dealkylation sites (tertiary alicyclic amines) is 1. The van der Waals surface area contributed by atoms with Crippen LogP contribution in [0.5, 0.6) is 0 Å². The van der Waals surface area contributed by atoms with Crippen molar-refractivity contribution in [2.45, 2.75) is 25.4 Å². The van der Waals surface area contributed by atoms with Gasteiger partial charge >= 0.3 is 0 Å². The van der Waals surface area contributed by atoms with E-state index in [0.717, 1.165) is 35.4 Å². The molecule has 106 valence electrons. The second-order valence-corrected chi connectivity index (χ2v) is 6.50. The van der Waals surface area contributed by atoms with Crippen LogP contribution in [-0.4, -0.2) is 27.8 Å². The van der Waals surface area contributed by atoms with E-state index in [9.17, 15) is 0 Å². The number of rotatable bonds is 3. The van der Waals surface area contributed by atoms with Gasteiger partial charge in [-0.2, -0.15) is 5.10 Å². The summed E-state index contributed by atoms with van der Waals surface area (Å²) in [6.45, 7) is 3.19. The van der Waals surface area contributed by atoms with Crippen LogP contribution in [-0.2, 0) is 6.54 Å². The lowest BCUT2D eigenvalue weighted by atomic mass is 10.0. The third-order valence-corrected chi connectivity index (χ3v) is 4.69. The zero-order chi connectivity index (χ0) is 13.9. The minimum absolute atomic E-state index is 0.399. The highest BCUT2D eigenvalue weighted by molar-refractivity contribution is 14.1. The molecule has 1 aromatic heterocycles. The van der Waals surface area contributed by atoms with Crippen LogP contribution < -0.4 is 5.73 Å². The standard InChI is InChI=1S/C15H19IN4/c16-14-9-18-20(15(14)17)13-7-4-8-19(11-13)10-12-5-2-1-3-6-12/h1-3,5-6,9,13H,4,7-8,10-11,17H2. The number of halogens is 1. The Labute approximate surface area is 133 Å². The van der Waals surface area contributed by atoms with Gasteiger partial charge < -0.3 is 5.73 Å². The average Bonchev–Trinajstić information content (AvgIpc) is 2.80. The fourth-order valence-electron chi connectivity index (χ4n) is 2.86. The first-order chi connectivity index (χ1) is 9.74. The molecule has 1 aliphatic heterocycles. The van der Waals surface area contributed by atoms with Crippen LogP contribution in [0.15, 0.2) is 36.5 Å². The number of anilines is 1. The minimum atomic E-state index is 0.399. The summed E-state index contributed by atoms with van der Waals surface area (Å²) in [5.74, 6) is 0.803. The molecule has 0 aliphatic carbocycles. The number of hydrogen-bond acceptors (Lipinski definition) is 3. The third kappa shape index (κ3) is 2.98. The Morgan fingerprint density at radius 3 is 2.80 bits per heavy atom. The molecule has 2 N–H and O–H groups in total. The van der Waals surface area contributed by atoms with E-state index >= 15 is 0 Å². The first-order valence-corrected chi connectivity index (χ1v) is 8.06. The van der Waals surface area contributed by atoms with Crippen molar-refractivity contribution >= 4 is 28.4 Å². The third-order valence-electron chi connectivity index (χ3n) is 3.86. The van der Waals surface area contributed by atoms with Gasteiger partial charge in [-0.05, 0) is 47.5 Å². The lowest BCUT2D eigenvalue weighted by Gasteiger charge is -2.33. The molecule has 1 fully saturated rings. The average molecular weight is 382 g/mol. The molecule has 1 saturated heterocycles. The molecule has 4 nitrogen and oxygen atoms in total. The molecule has 2 aromatic rings. The van der Waals surface area contributed by atoms with E-state index in [4.69, 9.17) is 5.73 Å². The molecule has 0 amide bonds. The van der Waals surface area contributed by atoms with E-state index in [1.807, 2.05) is 10.9 Å². The van der Waals surface area contributed by atoms with Gasteiger partial charge in [0.1, 0.15) is 5.82 Å². The molecule has 1 unspecified atom stereocenters. The number of benzene rings is 1. The quantitative estimate of drug-likeness (QED) is 0.831. The Balaban J connectivity index is 1.69. The molecule has 0 spiro atoms. The number of aromatic nitrogens is 2. The summed E-state index contributed by atoms with van der Waals surface area (Å²) in [6, 6.07) is 11.0. The summed E-state index contributed by atoms with van der Waals surface area (Å²) in [5.41, 5.74) is 7.48. The Morgan fingerprint density at radius 1 is 1.30 bits per heavy atom. The van der Waals surface area contributed by atoms with Crippen LogP contribution in [0.25, 0.3) is 0 Å². The fourth-order valence-corrected chi connectivity index (χ4v) is 3.23. The van der Waals surface area contributed by atoms with E-state index in [-0.39, 0.29) is 0 Å². The number of nitrogen functional groups attached to an aromatic ring is 1. The monoisotopic (exact) mass is 382 g/mol. The summed E-state index contributed by atoms with van der Waals surface area (Å²) >= 11 is 2.24. The van der Waals surface area contributed by atoms with Crippen molar-refractivity contribution in [3.63, 3.8) is 0 Å². The predicted molar refractivity (Wildman–Crippen MR) is 89.3 cm³/mol. The van der Waals surface area contributed by atoms with Crippen molar-refractivity contribution in [3.8, 4) is 0 Å². The molecule has 20 heavy (non-hydrogen) atoms. The summed E-state index contributed by atoms with van der Waals surface area (Å²) in [4.78, 5) is 2.50. The van der Waals surface area contributed by atoms with Gasteiger partial charge in [0.05, 0.1) is 15.8 Å². The van der Waals surface area contributed by atoms with Crippen molar-refractivity contribution in [1.29, 1.82) is 0 Å². The maximum absolute atomic E-state index is 6.11. The maximum atomic E-state index is 6.11. The van der Waals surface area contributed by atoms with E-state index in [1.165, 1.54) is 12.0 Å². The van der Waals surface area contributed by atoms with Crippen molar-refractivity contribution in [2.75, 3.05) is 18.8 Å². The topological polar surface area (TPSA) is 47.1 Å². The van der Waals surface area contributed by atoms with Crippen LogP contribution in [0.2, 0.25) is 0 Å². The van der Waals surface area contributed by atoms with Crippen molar-refractivity contribution in [1.82, 2.24) is 14.7 Å². The largest absolute Gasteiger partial charge is 0.383 e. The Morgan fingerprint density at radius 2 is 2.10 bits per heavy atom. The Bertz CT molecular complexity index is 567. The van der Waals surface area contributed by atoms with Crippen molar-refractivity contribution < 1.29 is 0 Å². The van der Waals surface area contributed by atoms with Gasteiger partial charge in [0, 0.05) is 13.1 Å². The van der Waals surface area contributed by atoms with Crippen molar-refractivity contribution in [2.24, 2.45) is 0 Å². The number of hydrogen-bond donors (Lipinski definition) is 1. The van der Waals surface area contributed by atoms with Crippen LogP contribution >= 0.6 is 22.6 Å². The Hall–Kier alpha value is -1.08. The van der Waals surface area contributed by atoms with Gasteiger partial charge in [-0.15, -0.1) is 0 Å². The first kappa shape index (κ1) is 13.9. The second kappa shape index (κ2) is 6.13. The summed E-state index contributed by atoms with van der Waals surface area (Å²) in [6.07, 6.45) is 4.21. The van der Waals surface area contributed by atoms with Gasteiger partial charge in [-0.3, -0.25) is 4.90 Å². The second-order valence-electron chi connectivity index (χ2n) is 5.34. The smallest absolute Gasteiger partial charge is 0.135 e. The van der Waals surface area contributed by atoms with Crippen LogP contribution in [0, 0.1) is 3.57 Å². The lowest BCUT2D eigenvalue weighted by molar-refractivity contribution is 0.164. The van der Waals surface area contributed by atoms with Crippen LogP contribution in [0.1, 0.15) is 24.4 Å². The van der Waals surface area contributed by atoms with Crippen molar-refractivity contribution in [3.05, 3.63) is 45.7 Å². The molecule has 2 heterocycles. The van der Waals surface area contributed by atoms with E-state index < -0.39 is 0 Å². The van der Waals surface area contributed by atoms with E-state index in [0.29, 0.717) is 6.04 Å². The highest BCUT2D eigenvalue weighted by Crippen LogP contribution is 2.26. The lowest BCUT2D eigenvalue weighted by Crippen LogP contribution is -2.36. The number of nitrogens with zero attached hydrogens (tertiary/aromatic N) is 3. The molecule has 5 heteroatoms. The molecule has 1 atom stereocenters. The molecular formula is C15H19IN4. The Kier molecular flexibility index (Phi) is 4.26. The predicted octanol–water partition coefficient (Wildman–Crippen LogP) is 2.91. The van der Waals surface area contributed by atoms with Gasteiger partial charge in [-0.1, -0.05) is 30.3 Å². The molecular weight excluding hydrogens is 363 g/mol. The van der Waals surface area contributed by atoms with Crippen LogP contribution in [0.4, 0.5) is 5.82 Å². The van der Waals surface area contributed by atoms with Gasteiger partial charge in [0.25, 0.3) is 0 Å². The number of piperidine rings is 1. The zero-order valence-electron chi connectivity index (χ0n) is 11.4. The highest BCUT2D eigenvalue weighted by Gasteiger charge is 2.23. The summed E-state index contributed by atoms with van der Waals surface area (Å²) in [7, 11) is 0. The van der Waals surface area contributed by atoms with Gasteiger partial charge in [0.15, 0.2) is 0 Å². The minimum Gasteiger partial charge on any atom is -0.383 e. The van der Waals surface area contributed by atoms with E-state index in [1.54, 1.807) is 0 Å². The summed E-state index contributed by atoms with van der Waals surface area (Å²) < 4.78 is 3.04. The van der Waals surface area contributed by atoms with Crippen LogP contribution in [0.3, 0.4) is 0 Å². The van der Waals surface area contributed by atoms with Gasteiger partial charge in [0.2, 0.25) is 0 Å². The van der Waals surface area contributed by atoms with E-state index in [2.05, 4.69) is 62.9 Å².